The Morgan fingerprint density at radius 2 is 1.88 bits per heavy atom. The molecule has 2 heterocycles. The molecule has 0 aliphatic carbocycles. The van der Waals surface area contributed by atoms with Gasteiger partial charge in [0.1, 0.15) is 5.82 Å². The predicted molar refractivity (Wildman–Crippen MR) is 104 cm³/mol. The van der Waals surface area contributed by atoms with Gasteiger partial charge in [0.25, 0.3) is 5.89 Å². The molecule has 26 heavy (non-hydrogen) atoms. The molecule has 0 aliphatic rings. The Hall–Kier alpha value is -2.89. The first-order valence-corrected chi connectivity index (χ1v) is 8.86. The zero-order valence-corrected chi connectivity index (χ0v) is 15.7. The number of benzene rings is 1. The first kappa shape index (κ1) is 17.9. The van der Waals surface area contributed by atoms with Crippen LogP contribution >= 0.6 is 0 Å². The molecule has 0 aliphatic heterocycles. The number of hydrogen-bond donors (Lipinski definition) is 1. The van der Waals surface area contributed by atoms with E-state index in [1.54, 1.807) is 6.20 Å². The van der Waals surface area contributed by atoms with Gasteiger partial charge in [-0.15, -0.1) is 0 Å². The molecule has 1 aromatic carbocycles. The van der Waals surface area contributed by atoms with Gasteiger partial charge in [0.2, 0.25) is 0 Å². The van der Waals surface area contributed by atoms with E-state index in [9.17, 15) is 0 Å². The third kappa shape index (κ3) is 4.20. The van der Waals surface area contributed by atoms with Crippen LogP contribution in [0.15, 0.2) is 53.2 Å². The van der Waals surface area contributed by atoms with E-state index in [-0.39, 0.29) is 5.92 Å². The molecular weight excluding hydrogens is 326 g/mol. The smallest absolute Gasteiger partial charge is 0.258 e. The standard InChI is InChI=1S/C20H25N5O/c1-14(2)19-23-20(26-24-19)16-10-11-21-18(12-16)22-13-15(3)25(4)17-8-6-5-7-9-17/h5-12,14-15H,13H2,1-4H3,(H,21,22). The first-order valence-electron chi connectivity index (χ1n) is 8.86. The van der Waals surface area contributed by atoms with E-state index in [4.69, 9.17) is 4.52 Å². The summed E-state index contributed by atoms with van der Waals surface area (Å²) >= 11 is 0. The number of likely N-dealkylation sites (N-methyl/N-ethyl adjacent to an activating group) is 1. The Balaban J connectivity index is 1.65. The van der Waals surface area contributed by atoms with Crippen molar-refractivity contribution in [1.82, 2.24) is 15.1 Å². The quantitative estimate of drug-likeness (QED) is 0.688. The van der Waals surface area contributed by atoms with Crippen LogP contribution in [0.3, 0.4) is 0 Å². The number of hydrogen-bond acceptors (Lipinski definition) is 6. The van der Waals surface area contributed by atoms with Crippen molar-refractivity contribution in [2.45, 2.75) is 32.7 Å². The van der Waals surface area contributed by atoms with Crippen LogP contribution in [0.5, 0.6) is 0 Å². The minimum Gasteiger partial charge on any atom is -0.370 e. The molecule has 0 bridgehead atoms. The van der Waals surface area contributed by atoms with Gasteiger partial charge < -0.3 is 14.7 Å². The van der Waals surface area contributed by atoms with E-state index in [1.807, 2.05) is 44.2 Å². The van der Waals surface area contributed by atoms with E-state index in [2.05, 4.69) is 51.4 Å². The molecule has 0 radical (unpaired) electrons. The SMILES string of the molecule is CC(C)c1noc(-c2ccnc(NCC(C)N(C)c3ccccc3)c2)n1. The molecule has 0 fully saturated rings. The van der Waals surface area contributed by atoms with Crippen LogP contribution in [0.25, 0.3) is 11.5 Å². The average Bonchev–Trinajstić information content (AvgIpc) is 3.17. The number of nitrogens with one attached hydrogen (secondary N) is 1. The fraction of sp³-hybridized carbons (Fsp3) is 0.350. The lowest BCUT2D eigenvalue weighted by Gasteiger charge is -2.27. The molecule has 1 unspecified atom stereocenters. The number of rotatable bonds is 7. The second-order valence-corrected chi connectivity index (χ2v) is 6.72. The average molecular weight is 351 g/mol. The highest BCUT2D eigenvalue weighted by molar-refractivity contribution is 5.58. The van der Waals surface area contributed by atoms with Gasteiger partial charge >= 0.3 is 0 Å². The Morgan fingerprint density at radius 1 is 1.12 bits per heavy atom. The van der Waals surface area contributed by atoms with E-state index in [0.717, 1.165) is 17.9 Å². The molecule has 2 aromatic heterocycles. The summed E-state index contributed by atoms with van der Waals surface area (Å²) in [6.07, 6.45) is 1.75. The molecule has 6 nitrogen and oxygen atoms in total. The minimum atomic E-state index is 0.237. The summed E-state index contributed by atoms with van der Waals surface area (Å²) in [4.78, 5) is 11.1. The molecule has 6 heteroatoms. The number of pyridine rings is 1. The highest BCUT2D eigenvalue weighted by Gasteiger charge is 2.13. The van der Waals surface area contributed by atoms with Gasteiger partial charge in [0.05, 0.1) is 0 Å². The summed E-state index contributed by atoms with van der Waals surface area (Å²) in [5.41, 5.74) is 2.06. The van der Waals surface area contributed by atoms with E-state index < -0.39 is 0 Å². The third-order valence-electron chi connectivity index (χ3n) is 4.37. The highest BCUT2D eigenvalue weighted by atomic mass is 16.5. The summed E-state index contributed by atoms with van der Waals surface area (Å²) < 4.78 is 5.36. The molecule has 1 atom stereocenters. The summed E-state index contributed by atoms with van der Waals surface area (Å²) in [5.74, 6) is 2.26. The molecule has 0 amide bonds. The van der Waals surface area contributed by atoms with E-state index >= 15 is 0 Å². The Labute approximate surface area is 154 Å². The molecule has 0 saturated carbocycles. The van der Waals surface area contributed by atoms with Gasteiger partial charge in [-0.2, -0.15) is 4.98 Å². The van der Waals surface area contributed by atoms with Crippen molar-refractivity contribution >= 4 is 11.5 Å². The molecule has 3 rings (SSSR count). The largest absolute Gasteiger partial charge is 0.370 e. The Bertz CT molecular complexity index is 831. The number of anilines is 2. The van der Waals surface area contributed by atoms with Crippen molar-refractivity contribution in [3.8, 4) is 11.5 Å². The maximum absolute atomic E-state index is 5.36. The van der Waals surface area contributed by atoms with Crippen LogP contribution in [0.2, 0.25) is 0 Å². The van der Waals surface area contributed by atoms with Crippen LogP contribution in [0.1, 0.15) is 32.5 Å². The fourth-order valence-electron chi connectivity index (χ4n) is 2.55. The third-order valence-corrected chi connectivity index (χ3v) is 4.37. The molecule has 1 N–H and O–H groups in total. The predicted octanol–water partition coefficient (Wildman–Crippen LogP) is 4.19. The first-order chi connectivity index (χ1) is 12.5. The summed E-state index contributed by atoms with van der Waals surface area (Å²) in [5, 5.41) is 7.41. The minimum absolute atomic E-state index is 0.237. The lowest BCUT2D eigenvalue weighted by atomic mass is 10.2. The normalized spacial score (nSPS) is 12.2. The van der Waals surface area contributed by atoms with Gasteiger partial charge in [-0.05, 0) is 31.2 Å². The van der Waals surface area contributed by atoms with Gasteiger partial charge in [-0.1, -0.05) is 37.2 Å². The maximum atomic E-state index is 5.36. The van der Waals surface area contributed by atoms with Gasteiger partial charge in [-0.3, -0.25) is 0 Å². The lowest BCUT2D eigenvalue weighted by molar-refractivity contribution is 0.419. The van der Waals surface area contributed by atoms with Crippen molar-refractivity contribution < 1.29 is 4.52 Å². The van der Waals surface area contributed by atoms with Crippen molar-refractivity contribution in [3.05, 3.63) is 54.5 Å². The van der Waals surface area contributed by atoms with Crippen molar-refractivity contribution in [1.29, 1.82) is 0 Å². The van der Waals surface area contributed by atoms with Gasteiger partial charge in [0, 0.05) is 43.0 Å². The van der Waals surface area contributed by atoms with E-state index in [0.29, 0.717) is 17.8 Å². The number of aromatic nitrogens is 3. The second-order valence-electron chi connectivity index (χ2n) is 6.72. The zero-order valence-electron chi connectivity index (χ0n) is 15.7. The molecule has 0 saturated heterocycles. The maximum Gasteiger partial charge on any atom is 0.258 e. The van der Waals surface area contributed by atoms with Crippen LogP contribution in [-0.2, 0) is 0 Å². The van der Waals surface area contributed by atoms with Gasteiger partial charge in [-0.25, -0.2) is 4.98 Å². The van der Waals surface area contributed by atoms with Crippen molar-refractivity contribution in [2.24, 2.45) is 0 Å². The number of nitrogens with zero attached hydrogens (tertiary/aromatic N) is 4. The molecule has 3 aromatic rings. The topological polar surface area (TPSA) is 67.1 Å². The van der Waals surface area contributed by atoms with Crippen LogP contribution in [0.4, 0.5) is 11.5 Å². The Kier molecular flexibility index (Phi) is 5.51. The van der Waals surface area contributed by atoms with E-state index in [1.165, 1.54) is 5.69 Å². The number of para-hydroxylation sites is 1. The van der Waals surface area contributed by atoms with Crippen LogP contribution in [0, 0.1) is 0 Å². The lowest BCUT2D eigenvalue weighted by Crippen LogP contribution is -2.34. The summed E-state index contributed by atoms with van der Waals surface area (Å²) in [6, 6.07) is 14.5. The molecule has 0 spiro atoms. The van der Waals surface area contributed by atoms with Crippen LogP contribution in [-0.4, -0.2) is 34.8 Å². The molecular formula is C20H25N5O. The van der Waals surface area contributed by atoms with Gasteiger partial charge in [0.15, 0.2) is 5.82 Å². The zero-order chi connectivity index (χ0) is 18.5. The summed E-state index contributed by atoms with van der Waals surface area (Å²) in [6.45, 7) is 7.03. The fourth-order valence-corrected chi connectivity index (χ4v) is 2.55. The molecule has 136 valence electrons. The van der Waals surface area contributed by atoms with Crippen molar-refractivity contribution in [3.63, 3.8) is 0 Å². The Morgan fingerprint density at radius 3 is 2.58 bits per heavy atom. The monoisotopic (exact) mass is 351 g/mol. The second kappa shape index (κ2) is 7.99. The van der Waals surface area contributed by atoms with Crippen molar-refractivity contribution in [2.75, 3.05) is 23.8 Å². The highest BCUT2D eigenvalue weighted by Crippen LogP contribution is 2.22. The van der Waals surface area contributed by atoms with Crippen LogP contribution < -0.4 is 10.2 Å². The summed E-state index contributed by atoms with van der Waals surface area (Å²) in [7, 11) is 2.09.